The van der Waals surface area contributed by atoms with Crippen molar-refractivity contribution in [2.24, 2.45) is 0 Å². The number of halogens is 4. The van der Waals surface area contributed by atoms with Crippen molar-refractivity contribution in [1.29, 1.82) is 0 Å². The van der Waals surface area contributed by atoms with Crippen LogP contribution in [-0.2, 0) is 29.5 Å². The summed E-state index contributed by atoms with van der Waals surface area (Å²) in [5, 5.41) is 0. The molecule has 0 unspecified atom stereocenters. The van der Waals surface area contributed by atoms with Crippen LogP contribution >= 0.6 is 0 Å². The molecule has 2 atom stereocenters. The van der Waals surface area contributed by atoms with Crippen LogP contribution in [0.5, 0.6) is 0 Å². The van der Waals surface area contributed by atoms with Gasteiger partial charge in [0.1, 0.15) is 10.0 Å². The molecule has 1 heterocycles. The molecule has 5 nitrogen and oxygen atoms in total. The Morgan fingerprint density at radius 3 is 1.39 bits per heavy atom. The van der Waals surface area contributed by atoms with E-state index in [0.717, 1.165) is 11.1 Å². The third-order valence-corrected chi connectivity index (χ3v) is 7.87. The van der Waals surface area contributed by atoms with E-state index in [1.165, 1.54) is 11.1 Å². The Bertz CT molecular complexity index is 1630. The van der Waals surface area contributed by atoms with Crippen LogP contribution in [0.3, 0.4) is 0 Å². The molecule has 5 aromatic rings. The van der Waals surface area contributed by atoms with Crippen LogP contribution in [0.15, 0.2) is 145 Å². The largest absolute Gasteiger partial charge is 4.00 e. The van der Waals surface area contributed by atoms with Gasteiger partial charge in [0.15, 0.2) is 0 Å². The number of rotatable bonds is 7. The molecule has 1 aromatic heterocycles. The first-order valence-corrected chi connectivity index (χ1v) is 16.2. The zero-order valence-electron chi connectivity index (χ0n) is 28.1. The van der Waals surface area contributed by atoms with Crippen molar-refractivity contribution < 1.29 is 45.2 Å². The summed E-state index contributed by atoms with van der Waals surface area (Å²) < 4.78 is 68.8. The van der Waals surface area contributed by atoms with E-state index in [0.29, 0.717) is 11.5 Å². The average molecular weight is 781 g/mol. The number of hydrogen-bond acceptors (Lipinski definition) is 3. The molecule has 0 bridgehead atoms. The van der Waals surface area contributed by atoms with E-state index in [1.807, 2.05) is 85.8 Å². The number of pyridine rings is 1. The number of sulfonamides is 1. The van der Waals surface area contributed by atoms with Gasteiger partial charge in [-0.2, -0.15) is 0 Å². The Kier molecular flexibility index (Phi) is 21.1. The Balaban J connectivity index is 0.000000818. The first kappa shape index (κ1) is 45.3. The predicted molar refractivity (Wildman–Crippen MR) is 191 cm³/mol. The molecule has 5 rings (SSSR count). The van der Waals surface area contributed by atoms with Gasteiger partial charge >= 0.3 is 26.7 Å². The van der Waals surface area contributed by atoms with E-state index < -0.39 is 29.4 Å². The van der Waals surface area contributed by atoms with Crippen molar-refractivity contribution in [3.8, 4) is 0 Å². The summed E-state index contributed by atoms with van der Waals surface area (Å²) in [5.41, 5.74) is 13.8. The Morgan fingerprint density at radius 2 is 1.02 bits per heavy atom. The van der Waals surface area contributed by atoms with Gasteiger partial charge in [0.05, 0.1) is 0 Å². The SMILES string of the molecule is Cc1ccc(C(C)C)cc1.Cc1ccc(S(=O)(=O)[N-][C@@H](c2ccccc2)[C@@H]([NH-])c2ccccc2)cc1.F[B-](F)(F)F.[CH3-].[Ru+4].c1ccncc1. The molecule has 1 N–H and O–H groups in total. The van der Waals surface area contributed by atoms with E-state index in [1.54, 1.807) is 36.7 Å². The predicted octanol–water partition coefficient (Wildman–Crippen LogP) is 11.5. The maximum absolute atomic E-state index is 12.8. The molecule has 0 saturated heterocycles. The van der Waals surface area contributed by atoms with Gasteiger partial charge in [-0.3, -0.25) is 4.98 Å². The van der Waals surface area contributed by atoms with Crippen molar-refractivity contribution in [3.63, 3.8) is 0 Å². The topological polar surface area (TPSA) is 84.9 Å². The zero-order chi connectivity index (χ0) is 34.9. The molecule has 0 aliphatic carbocycles. The number of benzene rings is 4. The summed E-state index contributed by atoms with van der Waals surface area (Å²) in [7, 11) is -9.87. The summed E-state index contributed by atoms with van der Waals surface area (Å²) in [4.78, 5) is 3.93. The first-order valence-electron chi connectivity index (χ1n) is 14.8. The third kappa shape index (κ3) is 18.6. The van der Waals surface area contributed by atoms with Crippen LogP contribution in [0.1, 0.15) is 59.7 Å². The minimum absolute atomic E-state index is 0. The maximum atomic E-state index is 12.8. The molecular formula is C37H42BF4N3O2RuS. The summed E-state index contributed by atoms with van der Waals surface area (Å²) in [6, 6.07) is 37.7. The van der Waals surface area contributed by atoms with Crippen molar-refractivity contribution in [1.82, 2.24) is 4.98 Å². The van der Waals surface area contributed by atoms with Crippen LogP contribution in [-0.4, -0.2) is 20.7 Å². The van der Waals surface area contributed by atoms with Gasteiger partial charge < -0.3 is 35.1 Å². The normalized spacial score (nSPS) is 11.7. The second-order valence-electron chi connectivity index (χ2n) is 10.7. The van der Waals surface area contributed by atoms with Crippen molar-refractivity contribution in [3.05, 3.63) is 185 Å². The van der Waals surface area contributed by atoms with Crippen molar-refractivity contribution >= 4 is 17.3 Å². The van der Waals surface area contributed by atoms with E-state index in [4.69, 9.17) is 5.73 Å². The zero-order valence-corrected chi connectivity index (χ0v) is 30.6. The van der Waals surface area contributed by atoms with Gasteiger partial charge in [0, 0.05) is 17.3 Å². The number of aromatic nitrogens is 1. The Morgan fingerprint density at radius 1 is 0.633 bits per heavy atom. The summed E-state index contributed by atoms with van der Waals surface area (Å²) >= 11 is 0. The van der Waals surface area contributed by atoms with Gasteiger partial charge in [-0.1, -0.05) is 139 Å². The second-order valence-corrected chi connectivity index (χ2v) is 12.4. The van der Waals surface area contributed by atoms with Gasteiger partial charge in [-0.05, 0) is 49.6 Å². The number of nitrogens with one attached hydrogen (secondary N) is 1. The molecule has 49 heavy (non-hydrogen) atoms. The molecule has 0 amide bonds. The molecule has 0 aliphatic heterocycles. The van der Waals surface area contributed by atoms with Crippen LogP contribution in [0, 0.1) is 21.3 Å². The fraction of sp³-hybridized carbons (Fsp3) is 0.189. The monoisotopic (exact) mass is 781 g/mol. The first-order chi connectivity index (χ1) is 22.2. The number of nitrogens with zero attached hydrogens (tertiary/aromatic N) is 2. The molecule has 4 aromatic carbocycles. The molecule has 12 heteroatoms. The van der Waals surface area contributed by atoms with Gasteiger partial charge in [0.25, 0.3) is 0 Å². The molecule has 262 valence electrons. The standard InChI is InChI=1S/C21H20N2O2S.C10H14.C5H5N.CH3.BF4.Ru/c1-16-12-14-19(15-13-16)26(24,25)23-21(18-10-6-3-7-11-18)20(22)17-8-4-2-5-9-17;1-8(2)10-6-4-9(3)5-7-10;1-2-4-6-5-3-1;;2-1(3,4)5;/h2-15,20-22H,1H3;4-8H,1-3H3;1-5H;1H3;;/q-2;;;2*-1;+4/t20-,21-;;;;;/m0...../s1. The minimum Gasteiger partial charge on any atom is -0.672 e. The smallest absolute Gasteiger partial charge is 0.672 e. The second kappa shape index (κ2) is 22.8. The number of hydrogen-bond donors (Lipinski definition) is 0. The molecule has 0 fully saturated rings. The third-order valence-electron chi connectivity index (χ3n) is 6.50. The quantitative estimate of drug-likeness (QED) is 0.0936. The summed E-state index contributed by atoms with van der Waals surface area (Å²) in [5.74, 6) is 0.653. The van der Waals surface area contributed by atoms with Crippen molar-refractivity contribution in [2.75, 3.05) is 0 Å². The fourth-order valence-corrected chi connectivity index (χ4v) is 5.14. The molecule has 0 aliphatic rings. The van der Waals surface area contributed by atoms with Crippen LogP contribution in [0.2, 0.25) is 0 Å². The molecule has 0 radical (unpaired) electrons. The maximum Gasteiger partial charge on any atom is 4.00 e. The molecule has 0 saturated carbocycles. The average Bonchev–Trinajstić information content (AvgIpc) is 3.05. The van der Waals surface area contributed by atoms with Gasteiger partial charge in [0.2, 0.25) is 0 Å². The Labute approximate surface area is 302 Å². The number of aryl methyl sites for hydroxylation is 2. The minimum atomic E-state index is -6.00. The molecule has 0 spiro atoms. The van der Waals surface area contributed by atoms with Crippen LogP contribution < -0.4 is 0 Å². The van der Waals surface area contributed by atoms with E-state index in [-0.39, 0.29) is 31.8 Å². The van der Waals surface area contributed by atoms with E-state index in [2.05, 4.69) is 54.7 Å². The van der Waals surface area contributed by atoms with E-state index in [9.17, 15) is 25.7 Å². The van der Waals surface area contributed by atoms with Gasteiger partial charge in [-0.25, -0.2) is 8.42 Å². The summed E-state index contributed by atoms with van der Waals surface area (Å²) in [6.45, 7) is 8.44. The fourth-order valence-electron chi connectivity index (χ4n) is 3.99. The van der Waals surface area contributed by atoms with E-state index >= 15 is 0 Å². The van der Waals surface area contributed by atoms with Gasteiger partial charge in [-0.15, -0.1) is 12.1 Å². The van der Waals surface area contributed by atoms with Crippen LogP contribution in [0.4, 0.5) is 17.3 Å². The Hall–Kier alpha value is -3.69. The van der Waals surface area contributed by atoms with Crippen LogP contribution in [0.25, 0.3) is 10.5 Å². The molecular weight excluding hydrogens is 738 g/mol. The van der Waals surface area contributed by atoms with Crippen molar-refractivity contribution in [2.45, 2.75) is 50.6 Å². The summed E-state index contributed by atoms with van der Waals surface area (Å²) in [6.07, 6.45) is 3.50.